The third kappa shape index (κ3) is 6.25. The summed E-state index contributed by atoms with van der Waals surface area (Å²) < 4.78 is 7.16. The number of thioether (sulfide) groups is 2. The molecule has 1 aliphatic heterocycles. The molecular weight excluding hydrogens is 340 g/mol. The predicted molar refractivity (Wildman–Crippen MR) is 110 cm³/mol. The van der Waals surface area contributed by atoms with E-state index in [1.165, 1.54) is 17.9 Å². The van der Waals surface area contributed by atoms with Crippen LogP contribution in [0.15, 0.2) is 0 Å². The van der Waals surface area contributed by atoms with Gasteiger partial charge in [-0.2, -0.15) is 0 Å². The summed E-state index contributed by atoms with van der Waals surface area (Å²) in [4.78, 5) is 0. The van der Waals surface area contributed by atoms with Crippen molar-refractivity contribution >= 4 is 31.8 Å². The minimum atomic E-state index is -1.80. The molecule has 1 fully saturated rings. The standard InChI is InChI=1S/C18H38O2S2Si/c1-14(2)23(15(3)4,16(5)6)20-10-9-18(7,19)13-17-21-11-8-12-22-17/h14-17,19H,8-13H2,1-7H3/t18-/m1/s1. The molecule has 2 nitrogen and oxygen atoms in total. The zero-order valence-corrected chi connectivity index (χ0v) is 18.9. The van der Waals surface area contributed by atoms with Crippen molar-refractivity contribution in [2.45, 2.75) is 94.5 Å². The molecule has 1 saturated heterocycles. The lowest BCUT2D eigenvalue weighted by atomic mass is 10.00. The third-order valence-corrected chi connectivity index (χ3v) is 14.3. The average Bonchev–Trinajstić information content (AvgIpc) is 2.42. The zero-order chi connectivity index (χ0) is 17.7. The smallest absolute Gasteiger partial charge is 0.200 e. The molecule has 1 rings (SSSR count). The highest BCUT2D eigenvalue weighted by molar-refractivity contribution is 8.17. The summed E-state index contributed by atoms with van der Waals surface area (Å²) in [5, 5.41) is 10.8. The van der Waals surface area contributed by atoms with Gasteiger partial charge in [0.1, 0.15) is 0 Å². The van der Waals surface area contributed by atoms with E-state index in [2.05, 4.69) is 41.5 Å². The lowest BCUT2D eigenvalue weighted by molar-refractivity contribution is 0.0304. The second-order valence-corrected chi connectivity index (χ2v) is 16.5. The van der Waals surface area contributed by atoms with Gasteiger partial charge < -0.3 is 9.53 Å². The van der Waals surface area contributed by atoms with E-state index in [1.807, 2.05) is 30.4 Å². The molecule has 1 aliphatic rings. The van der Waals surface area contributed by atoms with E-state index in [9.17, 15) is 5.11 Å². The Bertz CT molecular complexity index is 318. The van der Waals surface area contributed by atoms with Crippen LogP contribution in [-0.2, 0) is 4.43 Å². The Labute approximate surface area is 154 Å². The average molecular weight is 379 g/mol. The van der Waals surface area contributed by atoms with Crippen molar-refractivity contribution in [3.63, 3.8) is 0 Å². The fourth-order valence-corrected chi connectivity index (χ4v) is 12.8. The highest BCUT2D eigenvalue weighted by Gasteiger charge is 2.45. The highest BCUT2D eigenvalue weighted by Crippen LogP contribution is 2.43. The molecule has 23 heavy (non-hydrogen) atoms. The summed E-state index contributed by atoms with van der Waals surface area (Å²) in [5.74, 6) is 2.49. The minimum absolute atomic E-state index is 0.557. The Morgan fingerprint density at radius 3 is 1.96 bits per heavy atom. The molecule has 0 amide bonds. The van der Waals surface area contributed by atoms with Gasteiger partial charge in [-0.05, 0) is 54.3 Å². The Morgan fingerprint density at radius 2 is 1.52 bits per heavy atom. The van der Waals surface area contributed by atoms with Gasteiger partial charge in [-0.25, -0.2) is 0 Å². The van der Waals surface area contributed by atoms with Crippen LogP contribution in [0.5, 0.6) is 0 Å². The molecule has 0 radical (unpaired) electrons. The monoisotopic (exact) mass is 378 g/mol. The van der Waals surface area contributed by atoms with Crippen LogP contribution in [0, 0.1) is 0 Å². The zero-order valence-electron chi connectivity index (χ0n) is 16.2. The van der Waals surface area contributed by atoms with Gasteiger partial charge in [-0.15, -0.1) is 23.5 Å². The van der Waals surface area contributed by atoms with Crippen molar-refractivity contribution < 1.29 is 9.53 Å². The predicted octanol–water partition coefficient (Wildman–Crippen LogP) is 5.91. The van der Waals surface area contributed by atoms with Crippen LogP contribution in [0.25, 0.3) is 0 Å². The van der Waals surface area contributed by atoms with E-state index in [0.717, 1.165) is 12.8 Å². The summed E-state index contributed by atoms with van der Waals surface area (Å²) in [6.07, 6.45) is 2.94. The number of hydrogen-bond acceptors (Lipinski definition) is 4. The summed E-state index contributed by atoms with van der Waals surface area (Å²) >= 11 is 4.03. The fraction of sp³-hybridized carbons (Fsp3) is 1.00. The number of aliphatic hydroxyl groups is 1. The first kappa shape index (κ1) is 21.9. The molecular formula is C18H38O2S2Si. The van der Waals surface area contributed by atoms with Crippen LogP contribution in [0.2, 0.25) is 16.6 Å². The van der Waals surface area contributed by atoms with Gasteiger partial charge in [0.2, 0.25) is 0 Å². The van der Waals surface area contributed by atoms with Gasteiger partial charge in [0.15, 0.2) is 8.32 Å². The lowest BCUT2D eigenvalue weighted by Gasteiger charge is -2.43. The molecule has 0 bridgehead atoms. The van der Waals surface area contributed by atoms with E-state index in [-0.39, 0.29) is 0 Å². The van der Waals surface area contributed by atoms with E-state index >= 15 is 0 Å². The molecule has 5 heteroatoms. The second kappa shape index (κ2) is 9.51. The van der Waals surface area contributed by atoms with Gasteiger partial charge in [-0.3, -0.25) is 0 Å². The van der Waals surface area contributed by atoms with Crippen molar-refractivity contribution in [1.82, 2.24) is 0 Å². The van der Waals surface area contributed by atoms with Crippen molar-refractivity contribution in [2.24, 2.45) is 0 Å². The van der Waals surface area contributed by atoms with E-state index in [4.69, 9.17) is 4.43 Å². The second-order valence-electron chi connectivity index (χ2n) is 8.14. The molecule has 1 heterocycles. The largest absolute Gasteiger partial charge is 0.416 e. The summed E-state index contributed by atoms with van der Waals surface area (Å²) in [7, 11) is -1.80. The quantitative estimate of drug-likeness (QED) is 0.505. The third-order valence-electron chi connectivity index (χ3n) is 5.20. The first-order valence-electron chi connectivity index (χ1n) is 9.21. The van der Waals surface area contributed by atoms with Crippen LogP contribution in [0.4, 0.5) is 0 Å². The van der Waals surface area contributed by atoms with Crippen LogP contribution in [0.1, 0.15) is 67.7 Å². The maximum Gasteiger partial charge on any atom is 0.200 e. The summed E-state index contributed by atoms with van der Waals surface area (Å²) in [6, 6.07) is 0. The Morgan fingerprint density at radius 1 is 1.04 bits per heavy atom. The molecule has 0 aromatic heterocycles. The molecule has 0 saturated carbocycles. The van der Waals surface area contributed by atoms with Gasteiger partial charge in [0.05, 0.1) is 10.2 Å². The maximum absolute atomic E-state index is 10.8. The molecule has 1 atom stereocenters. The van der Waals surface area contributed by atoms with Crippen molar-refractivity contribution in [3.05, 3.63) is 0 Å². The van der Waals surface area contributed by atoms with E-state index in [1.54, 1.807) is 0 Å². The Hall–Kier alpha value is 0.837. The minimum Gasteiger partial charge on any atom is -0.416 e. The maximum atomic E-state index is 10.8. The van der Waals surface area contributed by atoms with Crippen LogP contribution < -0.4 is 0 Å². The summed E-state index contributed by atoms with van der Waals surface area (Å²) in [5.41, 5.74) is 1.22. The molecule has 138 valence electrons. The first-order valence-corrected chi connectivity index (χ1v) is 13.4. The van der Waals surface area contributed by atoms with Crippen LogP contribution in [0.3, 0.4) is 0 Å². The molecule has 0 aromatic rings. The molecule has 0 spiro atoms. The van der Waals surface area contributed by atoms with E-state index < -0.39 is 13.9 Å². The van der Waals surface area contributed by atoms with Crippen molar-refractivity contribution in [1.29, 1.82) is 0 Å². The first-order chi connectivity index (χ1) is 10.6. The molecule has 0 aliphatic carbocycles. The van der Waals surface area contributed by atoms with Gasteiger partial charge in [-0.1, -0.05) is 41.5 Å². The molecule has 0 aromatic carbocycles. The van der Waals surface area contributed by atoms with E-state index in [0.29, 0.717) is 27.8 Å². The van der Waals surface area contributed by atoms with Crippen molar-refractivity contribution in [2.75, 3.05) is 18.1 Å². The molecule has 1 N–H and O–H groups in total. The fourth-order valence-electron chi connectivity index (χ4n) is 4.06. The SMILES string of the molecule is CC(C)[Si](OCC[C@@](C)(O)CC1SCCCS1)(C(C)C)C(C)C. The van der Waals surface area contributed by atoms with Crippen molar-refractivity contribution in [3.8, 4) is 0 Å². The number of rotatable bonds is 9. The number of hydrogen-bond donors (Lipinski definition) is 1. The summed E-state index contributed by atoms with van der Waals surface area (Å²) in [6.45, 7) is 16.6. The van der Waals surface area contributed by atoms with Gasteiger partial charge >= 0.3 is 0 Å². The van der Waals surface area contributed by atoms with Gasteiger partial charge in [0.25, 0.3) is 0 Å². The normalized spacial score (nSPS) is 20.5. The highest BCUT2D eigenvalue weighted by atomic mass is 32.2. The van der Waals surface area contributed by atoms with Crippen LogP contribution in [-0.4, -0.2) is 41.7 Å². The molecule has 0 unspecified atom stereocenters. The Kier molecular flexibility index (Phi) is 9.05. The topological polar surface area (TPSA) is 29.5 Å². The van der Waals surface area contributed by atoms with Gasteiger partial charge in [0, 0.05) is 6.61 Å². The van der Waals surface area contributed by atoms with Crippen LogP contribution >= 0.6 is 23.5 Å². The lowest BCUT2D eigenvalue weighted by Crippen LogP contribution is -2.48. The Balaban J connectivity index is 2.57.